The zero-order valence-corrected chi connectivity index (χ0v) is 9.52. The van der Waals surface area contributed by atoms with Gasteiger partial charge in [-0.2, -0.15) is 0 Å². The smallest absolute Gasteiger partial charge is 0.0926 e. The largest absolute Gasteiger partial charge is 0.385 e. The molecule has 2 nitrogen and oxygen atoms in total. The number of hydrogen-bond acceptors (Lipinski definition) is 2. The Hall–Kier alpha value is -0.860. The summed E-state index contributed by atoms with van der Waals surface area (Å²) < 4.78 is 0. The zero-order chi connectivity index (χ0) is 11.2. The van der Waals surface area contributed by atoms with Crippen molar-refractivity contribution in [3.05, 3.63) is 35.4 Å². The van der Waals surface area contributed by atoms with Gasteiger partial charge < -0.3 is 10.8 Å². The van der Waals surface area contributed by atoms with Gasteiger partial charge in [-0.15, -0.1) is 0 Å². The number of nitrogens with two attached hydrogens (primary N) is 1. The van der Waals surface area contributed by atoms with Crippen LogP contribution in [0.1, 0.15) is 49.1 Å². The number of rotatable bonds is 2. The normalized spacial score (nSPS) is 34.2. The summed E-state index contributed by atoms with van der Waals surface area (Å²) in [5, 5.41) is 10.3. The Kier molecular flexibility index (Phi) is 2.30. The molecule has 0 bridgehead atoms. The molecule has 0 atom stereocenters. The zero-order valence-electron chi connectivity index (χ0n) is 9.52. The molecule has 0 saturated heterocycles. The van der Waals surface area contributed by atoms with Gasteiger partial charge >= 0.3 is 0 Å². The highest BCUT2D eigenvalue weighted by Crippen LogP contribution is 2.42. The molecular formula is C14H19NO. The summed E-state index contributed by atoms with van der Waals surface area (Å²) >= 11 is 0. The van der Waals surface area contributed by atoms with Crippen LogP contribution in [0.2, 0.25) is 0 Å². The van der Waals surface area contributed by atoms with E-state index in [0.29, 0.717) is 12.8 Å². The molecule has 0 aliphatic heterocycles. The number of benzene rings is 1. The Morgan fingerprint density at radius 2 is 1.75 bits per heavy atom. The predicted molar refractivity (Wildman–Crippen MR) is 64.1 cm³/mol. The van der Waals surface area contributed by atoms with E-state index in [1.54, 1.807) is 0 Å². The summed E-state index contributed by atoms with van der Waals surface area (Å²) in [4.78, 5) is 0. The lowest BCUT2D eigenvalue weighted by atomic mass is 9.71. The molecule has 0 unspecified atom stereocenters. The van der Waals surface area contributed by atoms with Crippen molar-refractivity contribution in [2.75, 3.05) is 0 Å². The molecule has 16 heavy (non-hydrogen) atoms. The monoisotopic (exact) mass is 217 g/mol. The van der Waals surface area contributed by atoms with Crippen LogP contribution < -0.4 is 5.73 Å². The number of hydrogen-bond donors (Lipinski definition) is 2. The van der Waals surface area contributed by atoms with Crippen molar-refractivity contribution >= 4 is 0 Å². The molecule has 0 amide bonds. The number of aliphatic hydroxyl groups is 1. The topological polar surface area (TPSA) is 46.2 Å². The van der Waals surface area contributed by atoms with Crippen LogP contribution in [0.5, 0.6) is 0 Å². The highest BCUT2D eigenvalue weighted by Gasteiger charge is 2.42. The van der Waals surface area contributed by atoms with Gasteiger partial charge in [0.1, 0.15) is 0 Å². The van der Waals surface area contributed by atoms with Crippen LogP contribution in [0.25, 0.3) is 0 Å². The first-order valence-electron chi connectivity index (χ1n) is 6.26. The summed E-state index contributed by atoms with van der Waals surface area (Å²) in [6.45, 7) is 0. The van der Waals surface area contributed by atoms with Crippen LogP contribution in [-0.2, 0) is 5.60 Å². The van der Waals surface area contributed by atoms with E-state index in [1.807, 2.05) is 0 Å². The second-order valence-electron chi connectivity index (χ2n) is 5.45. The van der Waals surface area contributed by atoms with Crippen molar-refractivity contribution < 1.29 is 5.11 Å². The van der Waals surface area contributed by atoms with Gasteiger partial charge in [0, 0.05) is 6.04 Å². The van der Waals surface area contributed by atoms with Gasteiger partial charge in [0.2, 0.25) is 0 Å². The first kappa shape index (κ1) is 10.3. The average Bonchev–Trinajstić information content (AvgIpc) is 2.14. The molecule has 2 aliphatic carbocycles. The van der Waals surface area contributed by atoms with Gasteiger partial charge in [-0.25, -0.2) is 0 Å². The maximum absolute atomic E-state index is 10.3. The van der Waals surface area contributed by atoms with Crippen molar-refractivity contribution in [3.63, 3.8) is 0 Å². The van der Waals surface area contributed by atoms with Crippen molar-refractivity contribution in [3.8, 4) is 0 Å². The molecule has 2 aliphatic rings. The second-order valence-corrected chi connectivity index (χ2v) is 5.45. The van der Waals surface area contributed by atoms with Crippen LogP contribution >= 0.6 is 0 Å². The van der Waals surface area contributed by atoms with Crippen LogP contribution in [0, 0.1) is 0 Å². The first-order valence-corrected chi connectivity index (χ1v) is 6.26. The highest BCUT2D eigenvalue weighted by molar-refractivity contribution is 5.32. The van der Waals surface area contributed by atoms with Crippen LogP contribution in [0.4, 0.5) is 0 Å². The van der Waals surface area contributed by atoms with Crippen LogP contribution in [0.3, 0.4) is 0 Å². The molecule has 3 N–H and O–H groups in total. The Labute approximate surface area is 96.5 Å². The summed E-state index contributed by atoms with van der Waals surface area (Å²) in [6, 6.07) is 8.71. The summed E-state index contributed by atoms with van der Waals surface area (Å²) in [5.41, 5.74) is 7.57. The van der Waals surface area contributed by atoms with Crippen LogP contribution in [-0.4, -0.2) is 11.1 Å². The molecule has 0 radical (unpaired) electrons. The molecule has 0 aromatic heterocycles. The summed E-state index contributed by atoms with van der Waals surface area (Å²) in [5.74, 6) is 0.771. The van der Waals surface area contributed by atoms with Gasteiger partial charge in [0.15, 0.2) is 0 Å². The SMILES string of the molecule is NC1CC(O)(c2ccc(C3CCC3)cc2)C1. The van der Waals surface area contributed by atoms with Crippen molar-refractivity contribution in [2.24, 2.45) is 5.73 Å². The summed E-state index contributed by atoms with van der Waals surface area (Å²) in [7, 11) is 0. The van der Waals surface area contributed by atoms with E-state index in [-0.39, 0.29) is 6.04 Å². The van der Waals surface area contributed by atoms with Gasteiger partial charge in [-0.1, -0.05) is 30.7 Å². The maximum Gasteiger partial charge on any atom is 0.0926 e. The lowest BCUT2D eigenvalue weighted by Gasteiger charge is -2.42. The van der Waals surface area contributed by atoms with E-state index in [9.17, 15) is 5.11 Å². The second kappa shape index (κ2) is 3.57. The quantitative estimate of drug-likeness (QED) is 0.798. The minimum Gasteiger partial charge on any atom is -0.385 e. The fourth-order valence-corrected chi connectivity index (χ4v) is 2.85. The minimum atomic E-state index is -0.641. The van der Waals surface area contributed by atoms with Gasteiger partial charge in [0.25, 0.3) is 0 Å². The first-order chi connectivity index (χ1) is 7.67. The van der Waals surface area contributed by atoms with E-state index < -0.39 is 5.60 Å². The third-order valence-electron chi connectivity index (χ3n) is 4.22. The van der Waals surface area contributed by atoms with Gasteiger partial charge in [-0.3, -0.25) is 0 Å². The molecule has 3 rings (SSSR count). The lowest BCUT2D eigenvalue weighted by Crippen LogP contribution is -2.49. The third kappa shape index (κ3) is 1.57. The fraction of sp³-hybridized carbons (Fsp3) is 0.571. The average molecular weight is 217 g/mol. The van der Waals surface area contributed by atoms with E-state index in [0.717, 1.165) is 11.5 Å². The van der Waals surface area contributed by atoms with Gasteiger partial charge in [-0.05, 0) is 42.7 Å². The highest BCUT2D eigenvalue weighted by atomic mass is 16.3. The van der Waals surface area contributed by atoms with Crippen molar-refractivity contribution in [1.29, 1.82) is 0 Å². The molecule has 1 aromatic carbocycles. The van der Waals surface area contributed by atoms with Crippen molar-refractivity contribution in [1.82, 2.24) is 0 Å². The van der Waals surface area contributed by atoms with E-state index in [2.05, 4.69) is 24.3 Å². The molecular weight excluding hydrogens is 198 g/mol. The van der Waals surface area contributed by atoms with Crippen LogP contribution in [0.15, 0.2) is 24.3 Å². The molecule has 1 aromatic rings. The molecule has 0 heterocycles. The molecule has 2 heteroatoms. The third-order valence-corrected chi connectivity index (χ3v) is 4.22. The van der Waals surface area contributed by atoms with Gasteiger partial charge in [0.05, 0.1) is 5.60 Å². The van der Waals surface area contributed by atoms with E-state index in [4.69, 9.17) is 5.73 Å². The maximum atomic E-state index is 10.3. The molecule has 86 valence electrons. The molecule has 2 saturated carbocycles. The van der Waals surface area contributed by atoms with Crippen molar-refractivity contribution in [2.45, 2.75) is 49.7 Å². The molecule has 0 spiro atoms. The molecule has 2 fully saturated rings. The fourth-order valence-electron chi connectivity index (χ4n) is 2.85. The Morgan fingerprint density at radius 3 is 2.19 bits per heavy atom. The standard InChI is InChI=1S/C14H19NO/c15-13-8-14(16,9-13)12-6-4-11(5-7-12)10-2-1-3-10/h4-7,10,13,16H,1-3,8-9,15H2. The Morgan fingerprint density at radius 1 is 1.12 bits per heavy atom. The Balaban J connectivity index is 1.77. The van der Waals surface area contributed by atoms with E-state index in [1.165, 1.54) is 24.8 Å². The minimum absolute atomic E-state index is 0.177. The summed E-state index contributed by atoms with van der Waals surface area (Å²) in [6.07, 6.45) is 5.43. The van der Waals surface area contributed by atoms with E-state index >= 15 is 0 Å². The predicted octanol–water partition coefficient (Wildman–Crippen LogP) is 2.26. The lowest BCUT2D eigenvalue weighted by molar-refractivity contribution is -0.0523. The Bertz CT molecular complexity index is 374.